The lowest BCUT2D eigenvalue weighted by Crippen LogP contribution is -2.28. The molecular formula is C8H7BrClF4NO. The Morgan fingerprint density at radius 3 is 2.25 bits per heavy atom. The van der Waals surface area contributed by atoms with Crippen LogP contribution in [0.25, 0.3) is 0 Å². The van der Waals surface area contributed by atoms with Gasteiger partial charge in [-0.2, -0.15) is 13.2 Å². The lowest BCUT2D eigenvalue weighted by Gasteiger charge is -2.17. The fourth-order valence-corrected chi connectivity index (χ4v) is 1.30. The van der Waals surface area contributed by atoms with Gasteiger partial charge in [-0.15, -0.1) is 12.4 Å². The summed E-state index contributed by atoms with van der Waals surface area (Å²) in [6.45, 7) is 0. The first-order valence-corrected chi connectivity index (χ1v) is 4.53. The molecule has 8 heteroatoms. The second-order valence-electron chi connectivity index (χ2n) is 2.82. The van der Waals surface area contributed by atoms with Gasteiger partial charge in [0.05, 0.1) is 4.47 Å². The minimum atomic E-state index is -4.72. The van der Waals surface area contributed by atoms with Gasteiger partial charge in [0.1, 0.15) is 6.04 Å². The molecule has 3 N–H and O–H groups in total. The van der Waals surface area contributed by atoms with Crippen LogP contribution in [0, 0.1) is 5.82 Å². The summed E-state index contributed by atoms with van der Waals surface area (Å²) in [5, 5.41) is 9.13. The smallest absolute Gasteiger partial charge is 0.407 e. The third-order valence-electron chi connectivity index (χ3n) is 1.79. The molecule has 0 heterocycles. The van der Waals surface area contributed by atoms with E-state index in [2.05, 4.69) is 15.9 Å². The molecule has 0 aliphatic carbocycles. The maximum absolute atomic E-state index is 13.0. The van der Waals surface area contributed by atoms with Crippen LogP contribution in [0.3, 0.4) is 0 Å². The largest absolute Gasteiger partial charge is 0.505 e. The predicted octanol–water partition coefficient (Wildman–Crippen LogP) is 3.28. The molecule has 0 saturated carbocycles. The first-order valence-electron chi connectivity index (χ1n) is 3.74. The summed E-state index contributed by atoms with van der Waals surface area (Å²) in [6.07, 6.45) is -4.72. The topological polar surface area (TPSA) is 46.2 Å². The average molecular weight is 324 g/mol. The first kappa shape index (κ1) is 15.5. The van der Waals surface area contributed by atoms with Gasteiger partial charge in [-0.1, -0.05) is 6.07 Å². The summed E-state index contributed by atoms with van der Waals surface area (Å²) in [5.74, 6) is -2.25. The van der Waals surface area contributed by atoms with E-state index in [-0.39, 0.29) is 16.9 Å². The van der Waals surface area contributed by atoms with Crippen molar-refractivity contribution in [2.24, 2.45) is 5.73 Å². The van der Waals surface area contributed by atoms with Crippen LogP contribution in [-0.4, -0.2) is 11.3 Å². The molecule has 0 saturated heterocycles. The van der Waals surface area contributed by atoms with Gasteiger partial charge < -0.3 is 10.8 Å². The highest BCUT2D eigenvalue weighted by Gasteiger charge is 2.39. The Labute approximate surface area is 103 Å². The second-order valence-corrected chi connectivity index (χ2v) is 3.67. The number of benzene rings is 1. The highest BCUT2D eigenvalue weighted by atomic mass is 79.9. The van der Waals surface area contributed by atoms with E-state index < -0.39 is 29.3 Å². The Morgan fingerprint density at radius 2 is 1.81 bits per heavy atom. The van der Waals surface area contributed by atoms with Gasteiger partial charge in [0.15, 0.2) is 11.6 Å². The Morgan fingerprint density at radius 1 is 1.31 bits per heavy atom. The summed E-state index contributed by atoms with van der Waals surface area (Å²) in [6, 6.07) is -0.434. The molecule has 0 aromatic heterocycles. The van der Waals surface area contributed by atoms with Crippen molar-refractivity contribution < 1.29 is 22.7 Å². The molecule has 0 bridgehead atoms. The van der Waals surface area contributed by atoms with E-state index in [0.717, 1.165) is 12.1 Å². The van der Waals surface area contributed by atoms with Crippen molar-refractivity contribution in [3.63, 3.8) is 0 Å². The minimum Gasteiger partial charge on any atom is -0.505 e. The van der Waals surface area contributed by atoms with Crippen molar-refractivity contribution in [1.29, 1.82) is 0 Å². The van der Waals surface area contributed by atoms with Crippen molar-refractivity contribution in [3.05, 3.63) is 28.0 Å². The SMILES string of the molecule is Cl.N[C@@H](c1ccc(Br)c(F)c1O)C(F)(F)F. The van der Waals surface area contributed by atoms with Crippen LogP contribution in [0.2, 0.25) is 0 Å². The molecule has 1 rings (SSSR count). The molecule has 0 spiro atoms. The van der Waals surface area contributed by atoms with Gasteiger partial charge in [0.2, 0.25) is 0 Å². The molecule has 0 unspecified atom stereocenters. The third kappa shape index (κ3) is 2.99. The zero-order valence-corrected chi connectivity index (χ0v) is 9.96. The highest BCUT2D eigenvalue weighted by Crippen LogP contribution is 2.37. The number of nitrogens with two attached hydrogens (primary N) is 1. The lowest BCUT2D eigenvalue weighted by atomic mass is 10.1. The maximum atomic E-state index is 13.0. The third-order valence-corrected chi connectivity index (χ3v) is 2.40. The number of rotatable bonds is 1. The monoisotopic (exact) mass is 323 g/mol. The van der Waals surface area contributed by atoms with E-state index in [1.807, 2.05) is 0 Å². The van der Waals surface area contributed by atoms with Gasteiger partial charge in [0, 0.05) is 5.56 Å². The number of phenols is 1. The van der Waals surface area contributed by atoms with Crippen LogP contribution < -0.4 is 5.73 Å². The number of halogens is 6. The zero-order chi connectivity index (χ0) is 11.8. The molecule has 0 amide bonds. The first-order chi connectivity index (χ1) is 6.75. The second kappa shape index (κ2) is 5.20. The lowest BCUT2D eigenvalue weighted by molar-refractivity contribution is -0.149. The van der Waals surface area contributed by atoms with Crippen LogP contribution in [0.1, 0.15) is 11.6 Å². The summed E-state index contributed by atoms with van der Waals surface area (Å²) < 4.78 is 49.4. The van der Waals surface area contributed by atoms with Crippen molar-refractivity contribution in [1.82, 2.24) is 0 Å². The fourth-order valence-electron chi connectivity index (χ4n) is 0.982. The molecule has 0 aliphatic heterocycles. The van der Waals surface area contributed by atoms with Crippen LogP contribution in [0.4, 0.5) is 17.6 Å². The number of phenolic OH excluding ortho intramolecular Hbond substituents is 1. The average Bonchev–Trinajstić information content (AvgIpc) is 2.12. The van der Waals surface area contributed by atoms with Gasteiger partial charge >= 0.3 is 6.18 Å². The molecule has 16 heavy (non-hydrogen) atoms. The minimum absolute atomic E-state index is 0. The Hall–Kier alpha value is -0.530. The molecule has 0 radical (unpaired) electrons. The summed E-state index contributed by atoms with van der Waals surface area (Å²) >= 11 is 2.72. The van der Waals surface area contributed by atoms with Gasteiger partial charge in [-0.25, -0.2) is 4.39 Å². The van der Waals surface area contributed by atoms with E-state index in [0.29, 0.717) is 0 Å². The van der Waals surface area contributed by atoms with E-state index >= 15 is 0 Å². The van der Waals surface area contributed by atoms with E-state index in [1.54, 1.807) is 0 Å². The number of hydrogen-bond donors (Lipinski definition) is 2. The summed E-state index contributed by atoms with van der Waals surface area (Å²) in [5.41, 5.74) is 4.13. The molecule has 1 aromatic carbocycles. The van der Waals surface area contributed by atoms with Crippen LogP contribution in [-0.2, 0) is 0 Å². The Bertz CT molecular complexity index is 385. The zero-order valence-electron chi connectivity index (χ0n) is 7.55. The highest BCUT2D eigenvalue weighted by molar-refractivity contribution is 9.10. The van der Waals surface area contributed by atoms with Gasteiger partial charge in [-0.05, 0) is 22.0 Å². The van der Waals surface area contributed by atoms with Crippen LogP contribution in [0.15, 0.2) is 16.6 Å². The summed E-state index contributed by atoms with van der Waals surface area (Å²) in [7, 11) is 0. The van der Waals surface area contributed by atoms with Crippen molar-refractivity contribution >= 4 is 28.3 Å². The Kier molecular flexibility index (Phi) is 5.03. The van der Waals surface area contributed by atoms with Crippen molar-refractivity contribution in [3.8, 4) is 5.75 Å². The molecule has 0 aliphatic rings. The molecule has 1 aromatic rings. The number of hydrogen-bond acceptors (Lipinski definition) is 2. The van der Waals surface area contributed by atoms with Crippen molar-refractivity contribution in [2.45, 2.75) is 12.2 Å². The van der Waals surface area contributed by atoms with E-state index in [1.165, 1.54) is 0 Å². The van der Waals surface area contributed by atoms with Gasteiger partial charge in [0.25, 0.3) is 0 Å². The quantitative estimate of drug-likeness (QED) is 0.779. The van der Waals surface area contributed by atoms with E-state index in [9.17, 15) is 17.6 Å². The van der Waals surface area contributed by atoms with Crippen LogP contribution >= 0.6 is 28.3 Å². The standard InChI is InChI=1S/C8H6BrF4NO.ClH/c9-4-2-1-3(6(15)5(4)10)7(14)8(11,12)13;/h1-2,7,15H,14H2;1H/t7-;/m0./s1. The molecule has 0 fully saturated rings. The van der Waals surface area contributed by atoms with E-state index in [4.69, 9.17) is 10.8 Å². The molecule has 92 valence electrons. The maximum Gasteiger partial charge on any atom is 0.407 e. The fraction of sp³-hybridized carbons (Fsp3) is 0.250. The van der Waals surface area contributed by atoms with Crippen molar-refractivity contribution in [2.75, 3.05) is 0 Å². The number of alkyl halides is 3. The Balaban J connectivity index is 0.00000225. The van der Waals surface area contributed by atoms with Crippen LogP contribution in [0.5, 0.6) is 5.75 Å². The summed E-state index contributed by atoms with van der Waals surface area (Å²) in [4.78, 5) is 0. The molecular weight excluding hydrogens is 317 g/mol. The van der Waals surface area contributed by atoms with Gasteiger partial charge in [-0.3, -0.25) is 0 Å². The molecule has 2 nitrogen and oxygen atoms in total. The predicted molar refractivity (Wildman–Crippen MR) is 56.0 cm³/mol. The number of aromatic hydroxyl groups is 1. The molecule has 1 atom stereocenters. The normalized spacial score (nSPS) is 13.1.